The van der Waals surface area contributed by atoms with Gasteiger partial charge in [0.25, 0.3) is 5.91 Å². The minimum Gasteiger partial charge on any atom is -0.393 e. The van der Waals surface area contributed by atoms with Crippen LogP contribution in [0.5, 0.6) is 0 Å². The van der Waals surface area contributed by atoms with E-state index in [0.29, 0.717) is 25.0 Å². The van der Waals surface area contributed by atoms with Crippen LogP contribution in [0.2, 0.25) is 0 Å². The van der Waals surface area contributed by atoms with Gasteiger partial charge in [0.15, 0.2) is 5.82 Å². The molecule has 154 valence electrons. The third-order valence-electron chi connectivity index (χ3n) is 4.83. The van der Waals surface area contributed by atoms with Crippen molar-refractivity contribution < 1.29 is 27.5 Å². The lowest BCUT2D eigenvalue weighted by atomic mass is 9.84. The Morgan fingerprint density at radius 1 is 1.38 bits per heavy atom. The Morgan fingerprint density at radius 3 is 2.69 bits per heavy atom. The summed E-state index contributed by atoms with van der Waals surface area (Å²) in [5.74, 6) is -2.95. The van der Waals surface area contributed by atoms with Gasteiger partial charge in [-0.25, -0.2) is 4.39 Å². The number of aliphatic hydroxyl groups is 1. The maximum Gasteiger partial charge on any atom is 0.419 e. The Hall–Kier alpha value is -3.13. The van der Waals surface area contributed by atoms with Crippen LogP contribution in [-0.4, -0.2) is 26.9 Å². The number of primary amides is 1. The lowest BCUT2D eigenvalue weighted by Gasteiger charge is -2.30. The molecule has 4 N–H and O–H groups in total. The summed E-state index contributed by atoms with van der Waals surface area (Å²) in [4.78, 5) is 11.8. The quantitative estimate of drug-likeness (QED) is 0.669. The lowest BCUT2D eigenvalue weighted by molar-refractivity contribution is -0.139. The highest BCUT2D eigenvalue weighted by Gasteiger charge is 2.34. The Balaban J connectivity index is 1.91. The van der Waals surface area contributed by atoms with Crippen molar-refractivity contribution in [2.75, 3.05) is 5.32 Å². The van der Waals surface area contributed by atoms with Gasteiger partial charge in [0.2, 0.25) is 0 Å². The van der Waals surface area contributed by atoms with Gasteiger partial charge in [0, 0.05) is 11.9 Å². The van der Waals surface area contributed by atoms with Crippen LogP contribution in [0.1, 0.15) is 41.2 Å². The van der Waals surface area contributed by atoms with E-state index in [0.717, 1.165) is 6.07 Å². The number of alkyl halides is 3. The monoisotopic (exact) mass is 411 g/mol. The van der Waals surface area contributed by atoms with Crippen molar-refractivity contribution in [3.8, 4) is 6.07 Å². The number of amides is 1. The van der Waals surface area contributed by atoms with Crippen molar-refractivity contribution in [2.24, 2.45) is 11.7 Å². The first kappa shape index (κ1) is 20.6. The van der Waals surface area contributed by atoms with Crippen molar-refractivity contribution in [3.05, 3.63) is 41.3 Å². The number of benzene rings is 1. The van der Waals surface area contributed by atoms with E-state index in [4.69, 9.17) is 5.73 Å². The molecule has 0 radical (unpaired) electrons. The number of nitrogens with two attached hydrogens (primary N) is 1. The van der Waals surface area contributed by atoms with Crippen molar-refractivity contribution in [1.29, 1.82) is 5.26 Å². The summed E-state index contributed by atoms with van der Waals surface area (Å²) in [5.41, 5.74) is 3.82. The predicted octanol–water partition coefficient (Wildman–Crippen LogP) is 3.11. The smallest absolute Gasteiger partial charge is 0.393 e. The zero-order valence-corrected chi connectivity index (χ0v) is 14.9. The molecule has 1 aromatic carbocycles. The number of hydrogen-bond acceptors (Lipinski definition) is 5. The largest absolute Gasteiger partial charge is 0.419 e. The van der Waals surface area contributed by atoms with E-state index in [1.807, 2.05) is 0 Å². The highest BCUT2D eigenvalue weighted by Crippen LogP contribution is 2.36. The number of aromatic nitrogens is 2. The Labute approximate surface area is 162 Å². The van der Waals surface area contributed by atoms with Gasteiger partial charge >= 0.3 is 6.18 Å². The molecule has 7 nitrogen and oxygen atoms in total. The van der Waals surface area contributed by atoms with Gasteiger partial charge in [-0.1, -0.05) is 0 Å². The summed E-state index contributed by atoms with van der Waals surface area (Å²) in [7, 11) is 0. The van der Waals surface area contributed by atoms with Crippen molar-refractivity contribution >= 4 is 17.4 Å². The van der Waals surface area contributed by atoms with E-state index in [9.17, 15) is 32.7 Å². The fourth-order valence-electron chi connectivity index (χ4n) is 3.38. The van der Waals surface area contributed by atoms with Crippen LogP contribution in [0, 0.1) is 23.1 Å². The van der Waals surface area contributed by atoms with Crippen LogP contribution < -0.4 is 11.1 Å². The van der Waals surface area contributed by atoms with Crippen LogP contribution >= 0.6 is 0 Å². The number of aliphatic hydroxyl groups excluding tert-OH is 1. The first-order chi connectivity index (χ1) is 13.6. The number of nitriles is 1. The van der Waals surface area contributed by atoms with Crippen LogP contribution in [0.25, 0.3) is 0 Å². The number of halogens is 4. The Kier molecular flexibility index (Phi) is 5.48. The first-order valence-electron chi connectivity index (χ1n) is 8.70. The van der Waals surface area contributed by atoms with Crippen LogP contribution in [-0.2, 0) is 6.18 Å². The molecule has 1 fully saturated rings. The number of nitrogens with one attached hydrogen (secondary N) is 1. The Bertz CT molecular complexity index is 966. The van der Waals surface area contributed by atoms with Crippen molar-refractivity contribution in [3.63, 3.8) is 0 Å². The molecular weight excluding hydrogens is 394 g/mol. The van der Waals surface area contributed by atoms with Gasteiger partial charge in [-0.15, -0.1) is 0 Å². The molecule has 0 bridgehead atoms. The summed E-state index contributed by atoms with van der Waals surface area (Å²) in [6.07, 6.45) is -2.97. The van der Waals surface area contributed by atoms with E-state index in [1.165, 1.54) is 10.9 Å². The molecule has 1 saturated carbocycles. The van der Waals surface area contributed by atoms with Gasteiger partial charge in [-0.2, -0.15) is 23.5 Å². The van der Waals surface area contributed by atoms with Crippen LogP contribution in [0.3, 0.4) is 0 Å². The molecule has 3 unspecified atom stereocenters. The Morgan fingerprint density at radius 2 is 2.10 bits per heavy atom. The minimum absolute atomic E-state index is 0.0563. The van der Waals surface area contributed by atoms with E-state index < -0.39 is 41.5 Å². The molecule has 29 heavy (non-hydrogen) atoms. The summed E-state index contributed by atoms with van der Waals surface area (Å²) >= 11 is 0. The second-order valence-corrected chi connectivity index (χ2v) is 6.82. The molecule has 0 saturated heterocycles. The van der Waals surface area contributed by atoms with Gasteiger partial charge < -0.3 is 16.2 Å². The highest BCUT2D eigenvalue weighted by molar-refractivity contribution is 5.98. The fourth-order valence-corrected chi connectivity index (χ4v) is 3.38. The average Bonchev–Trinajstić information content (AvgIpc) is 3.04. The predicted molar refractivity (Wildman–Crippen MR) is 93.4 cm³/mol. The second kappa shape index (κ2) is 7.71. The van der Waals surface area contributed by atoms with E-state index in [1.54, 1.807) is 0 Å². The average molecular weight is 411 g/mol. The van der Waals surface area contributed by atoms with E-state index in [2.05, 4.69) is 16.5 Å². The highest BCUT2D eigenvalue weighted by atomic mass is 19.4. The standard InChI is InChI=1S/C18H17F4N5O2/c19-14-6-10(1-3-13(14)18(20,21)22)25-17-12(16(24)29)8-27(26-17)15-4-2-11(28)5-9(15)7-23/h1,3,6,8-9,11,15,28H,2,4-5H2,(H2,24,29)(H,25,26). The molecule has 3 rings (SSSR count). The zero-order valence-electron chi connectivity index (χ0n) is 14.9. The summed E-state index contributed by atoms with van der Waals surface area (Å²) in [6, 6.07) is 3.91. The second-order valence-electron chi connectivity index (χ2n) is 6.82. The van der Waals surface area contributed by atoms with Gasteiger partial charge in [-0.3, -0.25) is 9.48 Å². The molecule has 1 amide bonds. The van der Waals surface area contributed by atoms with E-state index >= 15 is 0 Å². The maximum absolute atomic E-state index is 13.8. The van der Waals surface area contributed by atoms with Crippen molar-refractivity contribution in [1.82, 2.24) is 9.78 Å². The molecule has 2 aromatic rings. The summed E-state index contributed by atoms with van der Waals surface area (Å²) in [5, 5.41) is 25.9. The fraction of sp³-hybridized carbons (Fsp3) is 0.389. The van der Waals surface area contributed by atoms with Gasteiger partial charge in [-0.05, 0) is 37.5 Å². The summed E-state index contributed by atoms with van der Waals surface area (Å²) in [6.45, 7) is 0. The number of rotatable bonds is 4. The van der Waals surface area contributed by atoms with E-state index in [-0.39, 0.29) is 23.5 Å². The van der Waals surface area contributed by atoms with Gasteiger partial charge in [0.1, 0.15) is 11.4 Å². The zero-order chi connectivity index (χ0) is 21.3. The van der Waals surface area contributed by atoms with Crippen LogP contribution in [0.4, 0.5) is 29.1 Å². The van der Waals surface area contributed by atoms with Crippen molar-refractivity contribution in [2.45, 2.75) is 37.6 Å². The minimum atomic E-state index is -4.83. The topological polar surface area (TPSA) is 117 Å². The normalized spacial score (nSPS) is 22.1. The molecule has 1 aliphatic rings. The number of carbonyl (C=O) groups is 1. The molecule has 0 spiro atoms. The SMILES string of the molecule is N#CC1CC(O)CCC1n1cc(C(N)=O)c(Nc2ccc(C(F)(F)F)c(F)c2)n1. The lowest BCUT2D eigenvalue weighted by Crippen LogP contribution is -2.29. The molecule has 11 heteroatoms. The number of carbonyl (C=O) groups excluding carboxylic acids is 1. The molecule has 1 aliphatic carbocycles. The molecular formula is C18H17F4N5O2. The van der Waals surface area contributed by atoms with Gasteiger partial charge in [0.05, 0.1) is 29.7 Å². The molecule has 1 aromatic heterocycles. The number of hydrogen-bond donors (Lipinski definition) is 3. The number of anilines is 2. The number of nitrogens with zero attached hydrogens (tertiary/aromatic N) is 3. The maximum atomic E-state index is 13.8. The molecule has 1 heterocycles. The van der Waals surface area contributed by atoms with Crippen LogP contribution in [0.15, 0.2) is 24.4 Å². The summed E-state index contributed by atoms with van der Waals surface area (Å²) < 4.78 is 53.3. The first-order valence-corrected chi connectivity index (χ1v) is 8.70. The molecule has 0 aliphatic heterocycles. The molecule has 3 atom stereocenters. The third-order valence-corrected chi connectivity index (χ3v) is 4.83. The third kappa shape index (κ3) is 4.32.